The number of sulfone groups is 1. The lowest BCUT2D eigenvalue weighted by molar-refractivity contribution is -0.140. The van der Waals surface area contributed by atoms with Crippen molar-refractivity contribution in [3.05, 3.63) is 58.7 Å². The van der Waals surface area contributed by atoms with Crippen molar-refractivity contribution in [2.45, 2.75) is 22.6 Å². The molecule has 4 aliphatic carbocycles. The minimum Gasteiger partial charge on any atom is -0.481 e. The van der Waals surface area contributed by atoms with Gasteiger partial charge in [-0.05, 0) is 49.2 Å². The maximum atomic E-state index is 13.5. The van der Waals surface area contributed by atoms with E-state index in [-0.39, 0.29) is 35.1 Å². The minimum absolute atomic E-state index is 0.00794. The highest BCUT2D eigenvalue weighted by Gasteiger charge is 2.56. The Kier molecular flexibility index (Phi) is 5.62. The molecule has 41 heavy (non-hydrogen) atoms. The van der Waals surface area contributed by atoms with Gasteiger partial charge >= 0.3 is 11.9 Å². The highest BCUT2D eigenvalue weighted by Crippen LogP contribution is 2.45. The van der Waals surface area contributed by atoms with Crippen LogP contribution in [0.2, 0.25) is 0 Å². The van der Waals surface area contributed by atoms with Crippen molar-refractivity contribution in [1.29, 1.82) is 0 Å². The van der Waals surface area contributed by atoms with Gasteiger partial charge in [-0.15, -0.1) is 0 Å². The summed E-state index contributed by atoms with van der Waals surface area (Å²) in [4.78, 5) is 98.4. The van der Waals surface area contributed by atoms with Gasteiger partial charge in [-0.25, -0.2) is 8.42 Å². The molecule has 0 amide bonds. The number of hydrogen-bond acceptors (Lipinski definition) is 10. The highest BCUT2D eigenvalue weighted by molar-refractivity contribution is 7.91. The molecular formula is C28H18O12S. The van der Waals surface area contributed by atoms with Crippen LogP contribution in [0.3, 0.4) is 0 Å². The predicted octanol–water partition coefficient (Wildman–Crippen LogP) is 1.09. The molecule has 2 N–H and O–H groups in total. The molecule has 12 nitrogen and oxygen atoms in total. The summed E-state index contributed by atoms with van der Waals surface area (Å²) >= 11 is 0. The Labute approximate surface area is 230 Å². The molecule has 2 saturated carbocycles. The number of hydrogen-bond donors (Lipinski definition) is 2. The maximum absolute atomic E-state index is 13.5. The summed E-state index contributed by atoms with van der Waals surface area (Å²) in [6, 6.07) is 6.14. The average Bonchev–Trinajstić information content (AvgIpc) is 3.84. The van der Waals surface area contributed by atoms with Crippen LogP contribution in [-0.4, -0.2) is 65.3 Å². The Hall–Kier alpha value is -4.65. The van der Waals surface area contributed by atoms with Crippen molar-refractivity contribution in [3.63, 3.8) is 0 Å². The van der Waals surface area contributed by atoms with E-state index in [9.17, 15) is 46.8 Å². The largest absolute Gasteiger partial charge is 0.481 e. The van der Waals surface area contributed by atoms with Gasteiger partial charge in [0.25, 0.3) is 0 Å². The van der Waals surface area contributed by atoms with Crippen molar-refractivity contribution in [3.8, 4) is 0 Å². The average molecular weight is 579 g/mol. The number of benzene rings is 2. The number of carbonyl (C=O) groups excluding carboxylic acids is 6. The zero-order chi connectivity index (χ0) is 29.7. The Balaban J connectivity index is 1.28. The summed E-state index contributed by atoms with van der Waals surface area (Å²) < 4.78 is 26.9. The normalized spacial score (nSPS) is 27.8. The quantitative estimate of drug-likeness (QED) is 0.422. The zero-order valence-corrected chi connectivity index (χ0v) is 21.5. The van der Waals surface area contributed by atoms with Crippen LogP contribution in [0.15, 0.2) is 46.2 Å². The van der Waals surface area contributed by atoms with Crippen molar-refractivity contribution in [1.82, 2.24) is 0 Å². The SMILES string of the molecule is O=C1c2ccc(S(=O)(=O)c3ccc4c(c3)C(=O)C(C(=O)[C@@H]3C[C@H]3C(=O)O)C4=O)cc2C(=O)C1C(=O)[C@@H]1C[C@H]1C(=O)O. The van der Waals surface area contributed by atoms with E-state index in [1.54, 1.807) is 0 Å². The molecule has 4 aliphatic rings. The Morgan fingerprint density at radius 2 is 0.902 bits per heavy atom. The molecule has 0 aromatic heterocycles. The highest BCUT2D eigenvalue weighted by atomic mass is 32.2. The van der Waals surface area contributed by atoms with E-state index in [2.05, 4.69) is 0 Å². The molecule has 0 heterocycles. The number of rotatable bonds is 8. The van der Waals surface area contributed by atoms with Crippen LogP contribution in [0.5, 0.6) is 0 Å². The van der Waals surface area contributed by atoms with E-state index in [4.69, 9.17) is 10.2 Å². The van der Waals surface area contributed by atoms with Crippen LogP contribution < -0.4 is 0 Å². The van der Waals surface area contributed by atoms with Gasteiger partial charge < -0.3 is 10.2 Å². The zero-order valence-electron chi connectivity index (χ0n) is 20.7. The first-order valence-corrected chi connectivity index (χ1v) is 14.0. The first-order chi connectivity index (χ1) is 19.2. The second-order valence-corrected chi connectivity index (χ2v) is 12.6. The lowest BCUT2D eigenvalue weighted by atomic mass is 9.94. The van der Waals surface area contributed by atoms with E-state index in [1.165, 1.54) is 0 Å². The molecule has 2 fully saturated rings. The van der Waals surface area contributed by atoms with Crippen molar-refractivity contribution < 1.29 is 57.0 Å². The van der Waals surface area contributed by atoms with E-state index in [0.717, 1.165) is 36.4 Å². The third-order valence-electron chi connectivity index (χ3n) is 8.23. The predicted molar refractivity (Wildman–Crippen MR) is 131 cm³/mol. The van der Waals surface area contributed by atoms with Crippen molar-refractivity contribution in [2.24, 2.45) is 35.5 Å². The molecule has 13 heteroatoms. The standard InChI is InChI=1S/C28H18O12S/c29-21-11-3-1-9(5-13(11)23(31)19(21)25(33)15-7-17(15)27(35)36)41(39,40)10-2-4-12-14(6-10)24(32)20(22(12)30)26(34)16-8-18(16)28(37)38/h1-6,15-20H,7-8H2,(H,35,36)(H,37,38)/t15-,16-,17-,18-,19?,20?/m1/s1. The monoisotopic (exact) mass is 578 g/mol. The molecule has 208 valence electrons. The molecule has 2 aromatic carbocycles. The van der Waals surface area contributed by atoms with Gasteiger partial charge in [0.2, 0.25) is 9.84 Å². The third-order valence-corrected chi connectivity index (χ3v) is 9.98. The summed E-state index contributed by atoms with van der Waals surface area (Å²) in [7, 11) is -4.44. The van der Waals surface area contributed by atoms with E-state index in [1.807, 2.05) is 0 Å². The number of carbonyl (C=O) groups is 8. The number of Topliss-reactive ketones (excluding diaryl/α,β-unsaturated/α-hetero) is 6. The number of carboxylic acid groups (broad SMARTS) is 2. The van der Waals surface area contributed by atoms with Crippen LogP contribution in [-0.2, 0) is 29.0 Å². The molecule has 2 aromatic rings. The summed E-state index contributed by atoms with van der Waals surface area (Å²) in [6.45, 7) is 0. The second kappa shape index (κ2) is 8.67. The van der Waals surface area contributed by atoms with Gasteiger partial charge in [0, 0.05) is 34.1 Å². The number of fused-ring (bicyclic) bond motifs is 2. The molecular weight excluding hydrogens is 560 g/mol. The van der Waals surface area contributed by atoms with Crippen LogP contribution in [0, 0.1) is 35.5 Å². The van der Waals surface area contributed by atoms with E-state index in [0.29, 0.717) is 0 Å². The van der Waals surface area contributed by atoms with E-state index < -0.39 is 102 Å². The van der Waals surface area contributed by atoms with E-state index >= 15 is 0 Å². The van der Waals surface area contributed by atoms with Gasteiger partial charge in [-0.2, -0.15) is 0 Å². The Morgan fingerprint density at radius 3 is 1.22 bits per heavy atom. The number of ketones is 6. The fraction of sp³-hybridized carbons (Fsp3) is 0.286. The number of carboxylic acids is 2. The molecule has 6 atom stereocenters. The first kappa shape index (κ1) is 26.6. The smallest absolute Gasteiger partial charge is 0.307 e. The Morgan fingerprint density at radius 1 is 0.561 bits per heavy atom. The van der Waals surface area contributed by atoms with Crippen LogP contribution in [0.4, 0.5) is 0 Å². The second-order valence-electron chi connectivity index (χ2n) is 10.6. The van der Waals surface area contributed by atoms with Crippen LogP contribution in [0.1, 0.15) is 54.3 Å². The summed E-state index contributed by atoms with van der Waals surface area (Å²) in [5.41, 5.74) is -0.957. The topological polar surface area (TPSA) is 211 Å². The minimum atomic E-state index is -4.44. The Bertz CT molecular complexity index is 1690. The maximum Gasteiger partial charge on any atom is 0.307 e. The molecule has 0 bridgehead atoms. The van der Waals surface area contributed by atoms with Gasteiger partial charge in [-0.3, -0.25) is 38.4 Å². The van der Waals surface area contributed by atoms with Gasteiger partial charge in [-0.1, -0.05) is 0 Å². The summed E-state index contributed by atoms with van der Waals surface area (Å²) in [5, 5.41) is 18.2. The first-order valence-electron chi connectivity index (χ1n) is 12.5. The third kappa shape index (κ3) is 3.83. The van der Waals surface area contributed by atoms with Crippen LogP contribution in [0.25, 0.3) is 0 Å². The van der Waals surface area contributed by atoms with Gasteiger partial charge in [0.15, 0.2) is 34.7 Å². The molecule has 0 aliphatic heterocycles. The molecule has 6 rings (SSSR count). The lowest BCUT2D eigenvalue weighted by Gasteiger charge is -2.08. The fourth-order valence-electron chi connectivity index (χ4n) is 5.72. The number of aliphatic carboxylic acids is 2. The summed E-state index contributed by atoms with van der Waals surface area (Å²) in [6.07, 6.45) is 0.0159. The summed E-state index contributed by atoms with van der Waals surface area (Å²) in [5.74, 6) is -15.0. The molecule has 0 radical (unpaired) electrons. The van der Waals surface area contributed by atoms with Crippen molar-refractivity contribution in [2.75, 3.05) is 0 Å². The van der Waals surface area contributed by atoms with Crippen LogP contribution >= 0.6 is 0 Å². The van der Waals surface area contributed by atoms with Gasteiger partial charge in [0.1, 0.15) is 11.8 Å². The molecule has 0 saturated heterocycles. The molecule has 0 spiro atoms. The van der Waals surface area contributed by atoms with Crippen molar-refractivity contribution >= 4 is 56.5 Å². The fourth-order valence-corrected chi connectivity index (χ4v) is 7.04. The lowest BCUT2D eigenvalue weighted by Crippen LogP contribution is -2.28. The van der Waals surface area contributed by atoms with Gasteiger partial charge in [0.05, 0.1) is 21.6 Å². The molecule has 2 unspecified atom stereocenters.